The molecule has 1 saturated heterocycles. The van der Waals surface area contributed by atoms with Crippen LogP contribution in [0.25, 0.3) is 5.65 Å². The minimum atomic E-state index is 0.127. The predicted octanol–water partition coefficient (Wildman–Crippen LogP) is 0.765. The maximum atomic E-state index is 4.35. The summed E-state index contributed by atoms with van der Waals surface area (Å²) in [6, 6.07) is 1.89. The lowest BCUT2D eigenvalue weighted by atomic mass is 9.83. The first-order chi connectivity index (χ1) is 7.86. The molecular weight excluding hydrogens is 202 g/mol. The zero-order valence-corrected chi connectivity index (χ0v) is 9.35. The normalized spacial score (nSPS) is 25.3. The first-order valence-electron chi connectivity index (χ1n) is 5.72. The van der Waals surface area contributed by atoms with Crippen LogP contribution < -0.4 is 5.32 Å². The summed E-state index contributed by atoms with van der Waals surface area (Å²) in [5.41, 5.74) is 1.01. The highest BCUT2D eigenvalue weighted by molar-refractivity contribution is 5.37. The zero-order chi connectivity index (χ0) is 11.0. The monoisotopic (exact) mass is 217 g/mol. The van der Waals surface area contributed by atoms with Gasteiger partial charge >= 0.3 is 0 Å². The fourth-order valence-corrected chi connectivity index (χ4v) is 2.50. The summed E-state index contributed by atoms with van der Waals surface area (Å²) in [4.78, 5) is 4.15. The van der Waals surface area contributed by atoms with E-state index in [1.807, 2.05) is 10.5 Å². The Morgan fingerprint density at radius 1 is 1.50 bits per heavy atom. The van der Waals surface area contributed by atoms with Crippen molar-refractivity contribution in [2.45, 2.75) is 25.2 Å². The van der Waals surface area contributed by atoms with Gasteiger partial charge in [-0.1, -0.05) is 6.92 Å². The minimum Gasteiger partial charge on any atom is -0.316 e. The number of fused-ring (bicyclic) bond motifs is 1. The van der Waals surface area contributed by atoms with Gasteiger partial charge < -0.3 is 5.32 Å². The molecule has 1 atom stereocenters. The molecule has 0 aliphatic carbocycles. The van der Waals surface area contributed by atoms with E-state index in [0.29, 0.717) is 0 Å². The maximum absolute atomic E-state index is 4.35. The van der Waals surface area contributed by atoms with Gasteiger partial charge in [0.2, 0.25) is 0 Å². The van der Waals surface area contributed by atoms with Crippen LogP contribution in [-0.4, -0.2) is 32.7 Å². The van der Waals surface area contributed by atoms with Crippen molar-refractivity contribution < 1.29 is 0 Å². The van der Waals surface area contributed by atoms with Crippen LogP contribution in [0, 0.1) is 0 Å². The summed E-state index contributed by atoms with van der Waals surface area (Å²) in [6.45, 7) is 4.26. The smallest absolute Gasteiger partial charge is 0.163 e. The molecule has 5 nitrogen and oxygen atoms in total. The summed E-state index contributed by atoms with van der Waals surface area (Å²) in [5.74, 6) is 1.04. The van der Waals surface area contributed by atoms with Crippen LogP contribution >= 0.6 is 0 Å². The molecule has 2 aromatic rings. The molecule has 1 aliphatic rings. The Bertz CT molecular complexity index is 498. The Balaban J connectivity index is 2.17. The Morgan fingerprint density at radius 3 is 3.19 bits per heavy atom. The molecule has 0 radical (unpaired) electrons. The number of hydrogen-bond acceptors (Lipinski definition) is 4. The summed E-state index contributed by atoms with van der Waals surface area (Å²) < 4.78 is 2.01. The summed E-state index contributed by atoms with van der Waals surface area (Å²) >= 11 is 0. The van der Waals surface area contributed by atoms with Crippen molar-refractivity contribution in [2.75, 3.05) is 13.1 Å². The lowest BCUT2D eigenvalue weighted by molar-refractivity contribution is 0.421. The third kappa shape index (κ3) is 1.24. The molecule has 5 heteroatoms. The van der Waals surface area contributed by atoms with Crippen LogP contribution in [0.2, 0.25) is 0 Å². The maximum Gasteiger partial charge on any atom is 0.163 e. The van der Waals surface area contributed by atoms with E-state index >= 15 is 0 Å². The van der Waals surface area contributed by atoms with E-state index in [4.69, 9.17) is 0 Å². The molecule has 3 heterocycles. The van der Waals surface area contributed by atoms with Gasteiger partial charge in [0.05, 0.1) is 0 Å². The van der Waals surface area contributed by atoms with Crippen LogP contribution in [0.3, 0.4) is 0 Å². The molecule has 0 spiro atoms. The first kappa shape index (κ1) is 9.72. The van der Waals surface area contributed by atoms with Gasteiger partial charge in [0, 0.05) is 24.2 Å². The number of hydrogen-bond donors (Lipinski definition) is 1. The van der Waals surface area contributed by atoms with Gasteiger partial charge in [-0.3, -0.25) is 4.40 Å². The molecule has 0 amide bonds. The SMILES string of the molecule is CCC1(c2nnc3ccncn23)CCNC1. The lowest BCUT2D eigenvalue weighted by Crippen LogP contribution is -2.30. The fraction of sp³-hybridized carbons (Fsp3) is 0.545. The minimum absolute atomic E-state index is 0.127. The predicted molar refractivity (Wildman–Crippen MR) is 60.2 cm³/mol. The van der Waals surface area contributed by atoms with Crippen molar-refractivity contribution in [3.63, 3.8) is 0 Å². The first-order valence-corrected chi connectivity index (χ1v) is 5.72. The summed E-state index contributed by atoms with van der Waals surface area (Å²) in [7, 11) is 0. The molecule has 2 aromatic heterocycles. The summed E-state index contributed by atoms with van der Waals surface area (Å²) in [5, 5.41) is 12.0. The van der Waals surface area contributed by atoms with E-state index in [0.717, 1.165) is 37.4 Å². The lowest BCUT2D eigenvalue weighted by Gasteiger charge is -2.24. The molecule has 0 aromatic carbocycles. The van der Waals surface area contributed by atoms with Gasteiger partial charge in [-0.25, -0.2) is 4.98 Å². The number of nitrogens with zero attached hydrogens (tertiary/aromatic N) is 4. The standard InChI is InChI=1S/C11H15N5/c1-2-11(4-6-12-7-11)10-15-14-9-3-5-13-8-16(9)10/h3,5,8,12H,2,4,6-7H2,1H3. The second-order valence-corrected chi connectivity index (χ2v) is 4.39. The van der Waals surface area contributed by atoms with Gasteiger partial charge in [0.25, 0.3) is 0 Å². The highest BCUT2D eigenvalue weighted by Crippen LogP contribution is 2.32. The van der Waals surface area contributed by atoms with Crippen LogP contribution in [0.15, 0.2) is 18.6 Å². The van der Waals surface area contributed by atoms with E-state index in [-0.39, 0.29) is 5.41 Å². The average Bonchev–Trinajstić information content (AvgIpc) is 2.96. The van der Waals surface area contributed by atoms with E-state index in [1.54, 1.807) is 12.5 Å². The fourth-order valence-electron chi connectivity index (χ4n) is 2.50. The van der Waals surface area contributed by atoms with Gasteiger partial charge in [0.1, 0.15) is 12.2 Å². The molecule has 1 fully saturated rings. The zero-order valence-electron chi connectivity index (χ0n) is 9.35. The molecule has 0 saturated carbocycles. The van der Waals surface area contributed by atoms with Crippen molar-refractivity contribution in [3.8, 4) is 0 Å². The molecule has 1 N–H and O–H groups in total. The Hall–Kier alpha value is -1.49. The van der Waals surface area contributed by atoms with Crippen molar-refractivity contribution in [1.29, 1.82) is 0 Å². The molecular formula is C11H15N5. The molecule has 1 unspecified atom stereocenters. The quantitative estimate of drug-likeness (QED) is 0.807. The van der Waals surface area contributed by atoms with Gasteiger partial charge in [-0.15, -0.1) is 10.2 Å². The molecule has 84 valence electrons. The number of rotatable bonds is 2. The molecule has 1 aliphatic heterocycles. The van der Waals surface area contributed by atoms with Crippen molar-refractivity contribution in [1.82, 2.24) is 24.9 Å². The topological polar surface area (TPSA) is 55.1 Å². The van der Waals surface area contributed by atoms with Crippen LogP contribution in [-0.2, 0) is 5.41 Å². The van der Waals surface area contributed by atoms with Gasteiger partial charge in [-0.05, 0) is 19.4 Å². The second kappa shape index (κ2) is 3.52. The summed E-state index contributed by atoms with van der Waals surface area (Å²) in [6.07, 6.45) is 5.76. The molecule has 0 bridgehead atoms. The van der Waals surface area contributed by atoms with E-state index in [2.05, 4.69) is 27.4 Å². The Labute approximate surface area is 93.9 Å². The van der Waals surface area contributed by atoms with E-state index in [1.165, 1.54) is 0 Å². The van der Waals surface area contributed by atoms with Crippen molar-refractivity contribution >= 4 is 5.65 Å². The number of nitrogens with one attached hydrogen (secondary N) is 1. The highest BCUT2D eigenvalue weighted by Gasteiger charge is 2.38. The van der Waals surface area contributed by atoms with Gasteiger partial charge in [0.15, 0.2) is 5.65 Å². The number of aromatic nitrogens is 4. The largest absolute Gasteiger partial charge is 0.316 e. The third-order valence-electron chi connectivity index (χ3n) is 3.61. The molecule has 16 heavy (non-hydrogen) atoms. The van der Waals surface area contributed by atoms with Gasteiger partial charge in [-0.2, -0.15) is 0 Å². The molecule has 3 rings (SSSR count). The Morgan fingerprint density at radius 2 is 2.44 bits per heavy atom. The van der Waals surface area contributed by atoms with Crippen molar-refractivity contribution in [3.05, 3.63) is 24.4 Å². The highest BCUT2D eigenvalue weighted by atomic mass is 15.3. The van der Waals surface area contributed by atoms with Crippen LogP contribution in [0.5, 0.6) is 0 Å². The second-order valence-electron chi connectivity index (χ2n) is 4.39. The van der Waals surface area contributed by atoms with Crippen LogP contribution in [0.4, 0.5) is 0 Å². The third-order valence-corrected chi connectivity index (χ3v) is 3.61. The average molecular weight is 217 g/mol. The van der Waals surface area contributed by atoms with E-state index in [9.17, 15) is 0 Å². The van der Waals surface area contributed by atoms with E-state index < -0.39 is 0 Å². The Kier molecular flexibility index (Phi) is 2.14. The van der Waals surface area contributed by atoms with Crippen molar-refractivity contribution in [2.24, 2.45) is 0 Å². The van der Waals surface area contributed by atoms with Crippen LogP contribution in [0.1, 0.15) is 25.6 Å².